The quantitative estimate of drug-likeness (QED) is 0.445. The van der Waals surface area contributed by atoms with Crippen LogP contribution in [0.4, 0.5) is 0 Å². The van der Waals surface area contributed by atoms with Crippen LogP contribution >= 0.6 is 0 Å². The lowest BCUT2D eigenvalue weighted by Gasteiger charge is -2.44. The maximum atomic E-state index is 4.41. The Morgan fingerprint density at radius 2 is 2.00 bits per heavy atom. The minimum atomic E-state index is -0.960. The molecule has 0 aromatic heterocycles. The van der Waals surface area contributed by atoms with Crippen LogP contribution in [-0.2, 0) is 0 Å². The molecule has 0 aliphatic heterocycles. The van der Waals surface area contributed by atoms with Crippen molar-refractivity contribution < 1.29 is 0 Å². The summed E-state index contributed by atoms with van der Waals surface area (Å²) >= 11 is 0. The summed E-state index contributed by atoms with van der Waals surface area (Å²) < 4.78 is 0. The van der Waals surface area contributed by atoms with E-state index < -0.39 is 8.07 Å². The van der Waals surface area contributed by atoms with Crippen molar-refractivity contribution >= 4 is 8.07 Å². The molecule has 1 fully saturated rings. The first-order chi connectivity index (χ1) is 8.78. The van der Waals surface area contributed by atoms with E-state index in [1.165, 1.54) is 31.7 Å². The Balaban J connectivity index is 2.13. The summed E-state index contributed by atoms with van der Waals surface area (Å²) in [6.45, 7) is 16.7. The minimum Gasteiger partial charge on any atom is -0.0996 e. The number of allylic oxidation sites excluding steroid dienone is 3. The second kappa shape index (κ2) is 5.59. The standard InChI is InChI=1S/C18H32Si/c1-13(2)16-9-7-14(3)18-11-15(8-10-17(16)18)12-19(4,5)6/h8,13,16-18H,3,7,9-12H2,1-2,4-6H3. The van der Waals surface area contributed by atoms with Crippen molar-refractivity contribution in [2.24, 2.45) is 23.7 Å². The Bertz CT molecular complexity index is 370. The van der Waals surface area contributed by atoms with Crippen LogP contribution in [0.25, 0.3) is 0 Å². The van der Waals surface area contributed by atoms with Gasteiger partial charge in [-0.25, -0.2) is 0 Å². The molecule has 3 atom stereocenters. The molecule has 0 bridgehead atoms. The summed E-state index contributed by atoms with van der Waals surface area (Å²) in [4.78, 5) is 0. The number of rotatable bonds is 3. The first kappa shape index (κ1) is 15.1. The van der Waals surface area contributed by atoms with Gasteiger partial charge in [-0.05, 0) is 55.4 Å². The van der Waals surface area contributed by atoms with Crippen LogP contribution in [-0.4, -0.2) is 8.07 Å². The third kappa shape index (κ3) is 3.62. The molecule has 1 heteroatoms. The van der Waals surface area contributed by atoms with E-state index in [0.717, 1.165) is 23.7 Å². The van der Waals surface area contributed by atoms with Gasteiger partial charge in [-0.3, -0.25) is 0 Å². The Morgan fingerprint density at radius 1 is 1.32 bits per heavy atom. The van der Waals surface area contributed by atoms with Gasteiger partial charge in [-0.15, -0.1) is 0 Å². The Labute approximate surface area is 121 Å². The largest absolute Gasteiger partial charge is 0.0996 e. The van der Waals surface area contributed by atoms with Crippen LogP contribution in [0.5, 0.6) is 0 Å². The second-order valence-corrected chi connectivity index (χ2v) is 13.9. The lowest BCUT2D eigenvalue weighted by molar-refractivity contribution is 0.147. The SMILES string of the molecule is C=C1CCC(C(C)C)C2CC=C(C[Si](C)(C)C)CC12. The number of hydrogen-bond acceptors (Lipinski definition) is 0. The molecule has 108 valence electrons. The fourth-order valence-electron chi connectivity index (χ4n) is 4.31. The monoisotopic (exact) mass is 276 g/mol. The van der Waals surface area contributed by atoms with Crippen molar-refractivity contribution in [3.63, 3.8) is 0 Å². The van der Waals surface area contributed by atoms with Crippen LogP contribution in [0.3, 0.4) is 0 Å². The van der Waals surface area contributed by atoms with Gasteiger partial charge < -0.3 is 0 Å². The van der Waals surface area contributed by atoms with Gasteiger partial charge in [0.05, 0.1) is 0 Å². The van der Waals surface area contributed by atoms with E-state index in [4.69, 9.17) is 0 Å². The van der Waals surface area contributed by atoms with E-state index in [9.17, 15) is 0 Å². The van der Waals surface area contributed by atoms with E-state index in [1.807, 2.05) is 0 Å². The summed E-state index contributed by atoms with van der Waals surface area (Å²) in [6.07, 6.45) is 7.93. The third-order valence-electron chi connectivity index (χ3n) is 5.16. The van der Waals surface area contributed by atoms with Gasteiger partial charge in [0.2, 0.25) is 0 Å². The lowest BCUT2D eigenvalue weighted by Crippen LogP contribution is -2.35. The van der Waals surface area contributed by atoms with Gasteiger partial charge in [-0.1, -0.05) is 57.3 Å². The molecule has 0 heterocycles. The molecule has 0 radical (unpaired) electrons. The normalized spacial score (nSPS) is 32.2. The molecule has 2 aliphatic carbocycles. The van der Waals surface area contributed by atoms with Crippen molar-refractivity contribution in [1.82, 2.24) is 0 Å². The molecule has 3 unspecified atom stereocenters. The molecule has 0 spiro atoms. The highest BCUT2D eigenvalue weighted by atomic mass is 28.3. The fourth-order valence-corrected chi connectivity index (χ4v) is 5.96. The van der Waals surface area contributed by atoms with E-state index in [-0.39, 0.29) is 0 Å². The maximum Gasteiger partial charge on any atom is 0.0483 e. The topological polar surface area (TPSA) is 0 Å². The molecule has 0 saturated heterocycles. The maximum absolute atomic E-state index is 4.41. The number of fused-ring (bicyclic) bond motifs is 1. The van der Waals surface area contributed by atoms with Gasteiger partial charge >= 0.3 is 0 Å². The van der Waals surface area contributed by atoms with E-state index in [0.29, 0.717) is 0 Å². The molecule has 2 aliphatic rings. The van der Waals surface area contributed by atoms with Crippen molar-refractivity contribution in [1.29, 1.82) is 0 Å². The predicted octanol–water partition coefficient (Wildman–Crippen LogP) is 5.90. The van der Waals surface area contributed by atoms with E-state index >= 15 is 0 Å². The molecule has 0 N–H and O–H groups in total. The molecule has 0 aromatic carbocycles. The summed E-state index contributed by atoms with van der Waals surface area (Å²) in [5, 5.41) is 0. The highest BCUT2D eigenvalue weighted by Crippen LogP contribution is 2.48. The zero-order valence-corrected chi connectivity index (χ0v) is 14.6. The molecule has 0 amide bonds. The Morgan fingerprint density at radius 3 is 2.58 bits per heavy atom. The molecule has 2 rings (SSSR count). The van der Waals surface area contributed by atoms with Gasteiger partial charge in [0, 0.05) is 8.07 Å². The van der Waals surface area contributed by atoms with Gasteiger partial charge in [0.15, 0.2) is 0 Å². The minimum absolute atomic E-state index is 0.803. The van der Waals surface area contributed by atoms with Gasteiger partial charge in [0.25, 0.3) is 0 Å². The molecule has 0 aromatic rings. The summed E-state index contributed by atoms with van der Waals surface area (Å²) in [5.41, 5.74) is 3.31. The van der Waals surface area contributed by atoms with Crippen LogP contribution in [0, 0.1) is 23.7 Å². The molecule has 0 nitrogen and oxygen atoms in total. The number of hydrogen-bond donors (Lipinski definition) is 0. The van der Waals surface area contributed by atoms with Crippen LogP contribution in [0.15, 0.2) is 23.8 Å². The van der Waals surface area contributed by atoms with Crippen molar-refractivity contribution in [2.45, 2.75) is 65.2 Å². The zero-order valence-electron chi connectivity index (χ0n) is 13.6. The van der Waals surface area contributed by atoms with Crippen LogP contribution in [0.2, 0.25) is 25.7 Å². The highest BCUT2D eigenvalue weighted by molar-refractivity contribution is 6.76. The Kier molecular flexibility index (Phi) is 4.44. The van der Waals surface area contributed by atoms with Crippen molar-refractivity contribution in [3.8, 4) is 0 Å². The average molecular weight is 277 g/mol. The third-order valence-corrected chi connectivity index (χ3v) is 6.68. The van der Waals surface area contributed by atoms with Gasteiger partial charge in [-0.2, -0.15) is 0 Å². The molecular formula is C18H32Si. The average Bonchev–Trinajstić information content (AvgIpc) is 2.27. The highest BCUT2D eigenvalue weighted by Gasteiger charge is 2.38. The predicted molar refractivity (Wildman–Crippen MR) is 89.2 cm³/mol. The van der Waals surface area contributed by atoms with E-state index in [1.54, 1.807) is 11.1 Å². The van der Waals surface area contributed by atoms with Crippen molar-refractivity contribution in [3.05, 3.63) is 23.8 Å². The summed E-state index contributed by atoms with van der Waals surface area (Å²) in [6, 6.07) is 1.40. The Hall–Kier alpha value is -0.303. The molecule has 19 heavy (non-hydrogen) atoms. The van der Waals surface area contributed by atoms with Crippen LogP contribution < -0.4 is 0 Å². The lowest BCUT2D eigenvalue weighted by atomic mass is 9.61. The smallest absolute Gasteiger partial charge is 0.0483 e. The molecule has 1 saturated carbocycles. The van der Waals surface area contributed by atoms with Crippen LogP contribution in [0.1, 0.15) is 39.5 Å². The zero-order chi connectivity index (χ0) is 14.2. The summed E-state index contributed by atoms with van der Waals surface area (Å²) in [5.74, 6) is 3.47. The first-order valence-electron chi connectivity index (χ1n) is 8.13. The molecular weight excluding hydrogens is 244 g/mol. The van der Waals surface area contributed by atoms with E-state index in [2.05, 4.69) is 46.1 Å². The fraction of sp³-hybridized carbons (Fsp3) is 0.778. The van der Waals surface area contributed by atoms with Crippen molar-refractivity contribution in [2.75, 3.05) is 0 Å². The second-order valence-electron chi connectivity index (χ2n) is 8.41. The van der Waals surface area contributed by atoms with Gasteiger partial charge in [0.1, 0.15) is 0 Å². The summed E-state index contributed by atoms with van der Waals surface area (Å²) in [7, 11) is -0.960. The first-order valence-corrected chi connectivity index (χ1v) is 11.8.